The maximum absolute atomic E-state index is 10.8. The first-order chi connectivity index (χ1) is 14.3. The Labute approximate surface area is 185 Å². The smallest absolute Gasteiger partial charge is 0.293 e. The summed E-state index contributed by atoms with van der Waals surface area (Å²) in [5.41, 5.74) is 2.54. The van der Waals surface area contributed by atoms with Crippen LogP contribution in [0.5, 0.6) is 0 Å². The van der Waals surface area contributed by atoms with Crippen molar-refractivity contribution in [1.82, 2.24) is 0 Å². The van der Waals surface area contributed by atoms with Gasteiger partial charge in [0, 0.05) is 6.42 Å². The highest BCUT2D eigenvalue weighted by molar-refractivity contribution is 5.38. The van der Waals surface area contributed by atoms with E-state index >= 15 is 0 Å². The number of hydrogen-bond donors (Lipinski definition) is 0. The molecule has 0 aliphatic heterocycles. The molecule has 30 heavy (non-hydrogen) atoms. The lowest BCUT2D eigenvalue weighted by Gasteiger charge is -2.58. The monoisotopic (exact) mass is 414 g/mol. The lowest BCUT2D eigenvalue weighted by atomic mass is 9.47. The molecule has 4 aliphatic rings. The second-order valence-electron chi connectivity index (χ2n) is 12.4. The molecule has 8 atom stereocenters. The van der Waals surface area contributed by atoms with Crippen molar-refractivity contribution >= 4 is 6.47 Å². The third-order valence-electron chi connectivity index (χ3n) is 10.5. The molecule has 4 aliphatic carbocycles. The number of carbonyl (C=O) groups excluding carboxylic acids is 1. The van der Waals surface area contributed by atoms with Crippen LogP contribution in [0.25, 0.3) is 0 Å². The quantitative estimate of drug-likeness (QED) is 0.317. The summed E-state index contributed by atoms with van der Waals surface area (Å²) < 4.78 is 5.36. The fraction of sp³-hybridized carbons (Fsp3) is 0.893. The van der Waals surface area contributed by atoms with Crippen molar-refractivity contribution in [1.29, 1.82) is 0 Å². The summed E-state index contributed by atoms with van der Waals surface area (Å²) in [5.74, 6) is 5.32. The number of hydrogen-bond acceptors (Lipinski definition) is 2. The van der Waals surface area contributed by atoms with Gasteiger partial charge in [-0.15, -0.1) is 0 Å². The van der Waals surface area contributed by atoms with Crippen molar-refractivity contribution in [3.8, 4) is 0 Å². The van der Waals surface area contributed by atoms with Crippen LogP contribution in [0.15, 0.2) is 11.6 Å². The lowest BCUT2D eigenvalue weighted by Crippen LogP contribution is -2.51. The summed E-state index contributed by atoms with van der Waals surface area (Å²) in [6.45, 7) is 13.2. The van der Waals surface area contributed by atoms with Gasteiger partial charge in [0.2, 0.25) is 0 Å². The standard InChI is InChI=1S/C28H46O2/c1-19(2)7-6-8-20(3)24-11-12-25-23-10-9-21-17-22(30-18-29)13-15-27(21,4)26(23)14-16-28(24,25)5/h9,18-20,22-26H,6-8,10-17H2,1-5H3/t20?,22?,23?,24?,25?,26?,27-,28+/m0/s1. The minimum absolute atomic E-state index is 0.120. The molecule has 0 amide bonds. The SMILES string of the molecule is CC(C)CCCC(C)C1CCC2C3CC=C4CC(OC=O)CC[C@]4(C)C3CC[C@]12C. The highest BCUT2D eigenvalue weighted by Gasteiger charge is 2.59. The Balaban J connectivity index is 1.47. The van der Waals surface area contributed by atoms with Gasteiger partial charge in [-0.2, -0.15) is 0 Å². The van der Waals surface area contributed by atoms with Gasteiger partial charge in [0.1, 0.15) is 6.10 Å². The summed E-state index contributed by atoms with van der Waals surface area (Å²) in [4.78, 5) is 10.8. The second-order valence-corrected chi connectivity index (χ2v) is 12.4. The van der Waals surface area contributed by atoms with Crippen LogP contribution in [-0.2, 0) is 9.53 Å². The molecule has 0 aromatic carbocycles. The van der Waals surface area contributed by atoms with Crippen LogP contribution in [0.4, 0.5) is 0 Å². The Morgan fingerprint density at radius 1 is 1.07 bits per heavy atom. The van der Waals surface area contributed by atoms with Crippen molar-refractivity contribution in [3.63, 3.8) is 0 Å². The highest BCUT2D eigenvalue weighted by atomic mass is 16.5. The summed E-state index contributed by atoms with van der Waals surface area (Å²) >= 11 is 0. The van der Waals surface area contributed by atoms with Gasteiger partial charge in [0.15, 0.2) is 0 Å². The van der Waals surface area contributed by atoms with Crippen LogP contribution in [0.3, 0.4) is 0 Å². The van der Waals surface area contributed by atoms with Gasteiger partial charge in [0.25, 0.3) is 6.47 Å². The van der Waals surface area contributed by atoms with Crippen molar-refractivity contribution in [2.75, 3.05) is 0 Å². The predicted octanol–water partition coefficient (Wildman–Crippen LogP) is 7.57. The van der Waals surface area contributed by atoms with E-state index in [2.05, 4.69) is 40.7 Å². The average molecular weight is 415 g/mol. The molecular weight excluding hydrogens is 368 g/mol. The van der Waals surface area contributed by atoms with Crippen LogP contribution in [-0.4, -0.2) is 12.6 Å². The molecule has 0 saturated heterocycles. The number of ether oxygens (including phenoxy) is 1. The molecule has 2 nitrogen and oxygen atoms in total. The molecule has 0 heterocycles. The van der Waals surface area contributed by atoms with Crippen molar-refractivity contribution in [3.05, 3.63) is 11.6 Å². The lowest BCUT2D eigenvalue weighted by molar-refractivity contribution is -0.136. The molecule has 0 N–H and O–H groups in total. The second kappa shape index (κ2) is 8.62. The Bertz CT molecular complexity index is 651. The van der Waals surface area contributed by atoms with Crippen LogP contribution in [0.2, 0.25) is 0 Å². The van der Waals surface area contributed by atoms with Crippen molar-refractivity contribution in [2.45, 2.75) is 111 Å². The minimum atomic E-state index is 0.120. The van der Waals surface area contributed by atoms with Gasteiger partial charge >= 0.3 is 0 Å². The normalized spacial score (nSPS) is 43.9. The van der Waals surface area contributed by atoms with E-state index < -0.39 is 0 Å². The highest BCUT2D eigenvalue weighted by Crippen LogP contribution is 2.67. The van der Waals surface area contributed by atoms with Gasteiger partial charge in [-0.3, -0.25) is 4.79 Å². The predicted molar refractivity (Wildman–Crippen MR) is 124 cm³/mol. The third-order valence-corrected chi connectivity index (χ3v) is 10.5. The van der Waals surface area contributed by atoms with Gasteiger partial charge in [-0.1, -0.05) is 65.5 Å². The Morgan fingerprint density at radius 2 is 1.87 bits per heavy atom. The van der Waals surface area contributed by atoms with Crippen molar-refractivity contribution < 1.29 is 9.53 Å². The zero-order chi connectivity index (χ0) is 21.5. The first kappa shape index (κ1) is 22.4. The molecule has 6 unspecified atom stereocenters. The number of carbonyl (C=O) groups is 1. The third kappa shape index (κ3) is 3.79. The molecule has 3 fully saturated rings. The maximum Gasteiger partial charge on any atom is 0.293 e. The van der Waals surface area contributed by atoms with E-state index in [1.165, 1.54) is 57.8 Å². The molecule has 0 spiro atoms. The van der Waals surface area contributed by atoms with E-state index in [9.17, 15) is 4.79 Å². The number of fused-ring (bicyclic) bond motifs is 5. The Kier molecular flexibility index (Phi) is 6.44. The first-order valence-electron chi connectivity index (χ1n) is 13.1. The van der Waals surface area contributed by atoms with Crippen LogP contribution >= 0.6 is 0 Å². The summed E-state index contributed by atoms with van der Waals surface area (Å²) in [7, 11) is 0. The molecular formula is C28H46O2. The van der Waals surface area contributed by atoms with E-state index in [1.54, 1.807) is 5.57 Å². The fourth-order valence-corrected chi connectivity index (χ4v) is 8.85. The molecule has 4 rings (SSSR count). The van der Waals surface area contributed by atoms with E-state index in [1.807, 2.05) is 0 Å². The Hall–Kier alpha value is -0.790. The van der Waals surface area contributed by atoms with Gasteiger partial charge in [-0.05, 0) is 91.3 Å². The zero-order valence-corrected chi connectivity index (χ0v) is 20.3. The summed E-state index contributed by atoms with van der Waals surface area (Å²) in [5, 5.41) is 0. The minimum Gasteiger partial charge on any atom is -0.464 e. The Morgan fingerprint density at radius 3 is 2.60 bits per heavy atom. The largest absolute Gasteiger partial charge is 0.464 e. The number of rotatable bonds is 7. The van der Waals surface area contributed by atoms with E-state index in [0.29, 0.717) is 17.3 Å². The number of allylic oxidation sites excluding steroid dienone is 1. The summed E-state index contributed by atoms with van der Waals surface area (Å²) in [6.07, 6.45) is 17.2. The van der Waals surface area contributed by atoms with Crippen LogP contribution in [0, 0.1) is 46.3 Å². The van der Waals surface area contributed by atoms with Gasteiger partial charge in [0.05, 0.1) is 0 Å². The molecule has 0 aromatic rings. The van der Waals surface area contributed by atoms with Gasteiger partial charge in [-0.25, -0.2) is 0 Å². The van der Waals surface area contributed by atoms with Crippen molar-refractivity contribution in [2.24, 2.45) is 46.3 Å². The average Bonchev–Trinajstić information content (AvgIpc) is 3.05. The molecule has 3 saturated carbocycles. The topological polar surface area (TPSA) is 26.3 Å². The van der Waals surface area contributed by atoms with E-state index in [-0.39, 0.29) is 6.10 Å². The maximum atomic E-state index is 10.8. The van der Waals surface area contributed by atoms with E-state index in [0.717, 1.165) is 48.3 Å². The molecule has 0 bridgehead atoms. The van der Waals surface area contributed by atoms with Gasteiger partial charge < -0.3 is 4.74 Å². The molecule has 2 heteroatoms. The zero-order valence-electron chi connectivity index (χ0n) is 20.3. The van der Waals surface area contributed by atoms with Crippen LogP contribution < -0.4 is 0 Å². The van der Waals surface area contributed by atoms with E-state index in [4.69, 9.17) is 4.74 Å². The molecule has 0 aromatic heterocycles. The van der Waals surface area contributed by atoms with Crippen LogP contribution in [0.1, 0.15) is 105 Å². The molecule has 0 radical (unpaired) electrons. The first-order valence-corrected chi connectivity index (χ1v) is 13.1. The summed E-state index contributed by atoms with van der Waals surface area (Å²) in [6, 6.07) is 0. The fourth-order valence-electron chi connectivity index (χ4n) is 8.85. The molecule has 170 valence electrons.